The van der Waals surface area contributed by atoms with Gasteiger partial charge in [0.1, 0.15) is 5.82 Å². The lowest BCUT2D eigenvalue weighted by molar-refractivity contribution is -0.193. The molecule has 4 aromatic rings. The van der Waals surface area contributed by atoms with E-state index in [1.165, 1.54) is 12.1 Å². The van der Waals surface area contributed by atoms with E-state index in [0.717, 1.165) is 53.8 Å². The van der Waals surface area contributed by atoms with E-state index in [1.807, 2.05) is 30.7 Å². The van der Waals surface area contributed by atoms with Crippen molar-refractivity contribution < 1.29 is 50.5 Å². The maximum Gasteiger partial charge on any atom is 0.490 e. The molecule has 0 amide bonds. The molecule has 4 heterocycles. The summed E-state index contributed by atoms with van der Waals surface area (Å²) in [6.45, 7) is 1.85. The largest absolute Gasteiger partial charge is 0.490 e. The molecule has 0 bridgehead atoms. The molecular weight excluding hydrogens is 577 g/mol. The summed E-state index contributed by atoms with van der Waals surface area (Å²) in [5.41, 5.74) is 5.62. The Kier molecular flexibility index (Phi) is 10.2. The molecule has 8 nitrogen and oxygen atoms in total. The molecule has 0 radical (unpaired) electrons. The molecule has 3 aromatic heterocycles. The van der Waals surface area contributed by atoms with Crippen molar-refractivity contribution in [1.29, 1.82) is 0 Å². The van der Waals surface area contributed by atoms with Crippen LogP contribution in [0.4, 0.5) is 30.7 Å². The van der Waals surface area contributed by atoms with Gasteiger partial charge in [-0.2, -0.15) is 26.3 Å². The van der Waals surface area contributed by atoms with Gasteiger partial charge in [0, 0.05) is 30.7 Å². The van der Waals surface area contributed by atoms with E-state index < -0.39 is 24.3 Å². The van der Waals surface area contributed by atoms with Gasteiger partial charge in [-0.15, -0.1) is 0 Å². The van der Waals surface area contributed by atoms with Crippen molar-refractivity contribution in [2.24, 2.45) is 0 Å². The van der Waals surface area contributed by atoms with Crippen LogP contribution in [0.5, 0.6) is 0 Å². The van der Waals surface area contributed by atoms with Gasteiger partial charge in [0.05, 0.1) is 23.6 Å². The lowest BCUT2D eigenvalue weighted by Gasteiger charge is -2.23. The van der Waals surface area contributed by atoms with Crippen molar-refractivity contribution in [2.45, 2.75) is 37.8 Å². The number of rotatable bonds is 4. The molecule has 5 rings (SSSR count). The highest BCUT2D eigenvalue weighted by Crippen LogP contribution is 2.35. The Labute approximate surface area is 233 Å². The van der Waals surface area contributed by atoms with Gasteiger partial charge >= 0.3 is 24.3 Å². The van der Waals surface area contributed by atoms with Crippen molar-refractivity contribution in [3.63, 3.8) is 0 Å². The van der Waals surface area contributed by atoms with E-state index in [1.54, 1.807) is 6.20 Å². The highest BCUT2D eigenvalue weighted by molar-refractivity contribution is 5.73. The molecule has 1 unspecified atom stereocenters. The molecule has 1 aliphatic rings. The first kappa shape index (κ1) is 32.0. The molecule has 1 aromatic carbocycles. The van der Waals surface area contributed by atoms with Crippen LogP contribution in [0.1, 0.15) is 30.1 Å². The second-order valence-corrected chi connectivity index (χ2v) is 8.94. The fourth-order valence-electron chi connectivity index (χ4n) is 4.13. The van der Waals surface area contributed by atoms with Crippen LogP contribution in [-0.2, 0) is 16.1 Å². The molecule has 42 heavy (non-hydrogen) atoms. The number of carboxylic acid groups (broad SMARTS) is 2. The molecule has 0 aliphatic carbocycles. The predicted octanol–water partition coefficient (Wildman–Crippen LogP) is 6.14. The number of halogens is 7. The maximum absolute atomic E-state index is 13.2. The Morgan fingerprint density at radius 2 is 1.52 bits per heavy atom. The SMILES string of the molecule is Fc1ccc(CN2CCCC2c2ncn3cc(-c4cccnc4)ccc23)cc1.O=C(O)C(F)(F)F.O=C(O)C(F)(F)F. The van der Waals surface area contributed by atoms with Crippen molar-refractivity contribution in [2.75, 3.05) is 6.54 Å². The van der Waals surface area contributed by atoms with E-state index in [4.69, 9.17) is 24.8 Å². The lowest BCUT2D eigenvalue weighted by atomic mass is 10.1. The highest BCUT2D eigenvalue weighted by atomic mass is 19.4. The summed E-state index contributed by atoms with van der Waals surface area (Å²) < 4.78 is 78.8. The molecule has 0 saturated carbocycles. The lowest BCUT2D eigenvalue weighted by Crippen LogP contribution is -2.23. The Morgan fingerprint density at radius 3 is 2.07 bits per heavy atom. The third kappa shape index (κ3) is 8.73. The number of pyridine rings is 2. The summed E-state index contributed by atoms with van der Waals surface area (Å²) in [4.78, 5) is 29.2. The van der Waals surface area contributed by atoms with Crippen LogP contribution in [0.25, 0.3) is 16.6 Å². The Hall–Kier alpha value is -4.53. The zero-order chi connectivity index (χ0) is 31.1. The minimum absolute atomic E-state index is 0.189. The second-order valence-electron chi connectivity index (χ2n) is 8.94. The number of likely N-dealkylation sites (tertiary alicyclic amines) is 1. The fourth-order valence-corrected chi connectivity index (χ4v) is 4.13. The molecule has 1 atom stereocenters. The molecule has 1 aliphatic heterocycles. The molecular formula is C27H23F7N4O4. The van der Waals surface area contributed by atoms with E-state index in [0.29, 0.717) is 6.04 Å². The number of alkyl halides is 6. The summed E-state index contributed by atoms with van der Waals surface area (Å²) in [7, 11) is 0. The number of fused-ring (bicyclic) bond motifs is 1. The summed E-state index contributed by atoms with van der Waals surface area (Å²) in [6.07, 6.45) is -0.245. The average Bonchev–Trinajstić information content (AvgIpc) is 3.56. The van der Waals surface area contributed by atoms with Crippen LogP contribution in [0.15, 0.2) is 73.4 Å². The third-order valence-corrected chi connectivity index (χ3v) is 6.02. The number of hydrogen-bond donors (Lipinski definition) is 2. The minimum atomic E-state index is -5.08. The van der Waals surface area contributed by atoms with Gasteiger partial charge in [-0.1, -0.05) is 24.3 Å². The van der Waals surface area contributed by atoms with Crippen LogP contribution in [-0.4, -0.2) is 60.3 Å². The van der Waals surface area contributed by atoms with Crippen molar-refractivity contribution >= 4 is 17.5 Å². The van der Waals surface area contributed by atoms with Crippen molar-refractivity contribution in [3.8, 4) is 11.1 Å². The van der Waals surface area contributed by atoms with Crippen LogP contribution < -0.4 is 0 Å². The monoisotopic (exact) mass is 600 g/mol. The second kappa shape index (κ2) is 13.4. The minimum Gasteiger partial charge on any atom is -0.475 e. The number of aliphatic carboxylic acids is 2. The van der Waals surface area contributed by atoms with Gasteiger partial charge in [-0.05, 0) is 54.8 Å². The summed E-state index contributed by atoms with van der Waals surface area (Å²) in [6, 6.07) is 15.4. The molecule has 1 saturated heterocycles. The van der Waals surface area contributed by atoms with Crippen LogP contribution in [0, 0.1) is 5.82 Å². The maximum atomic E-state index is 13.2. The number of carboxylic acids is 2. The first-order chi connectivity index (χ1) is 19.7. The Morgan fingerprint density at radius 1 is 0.905 bits per heavy atom. The van der Waals surface area contributed by atoms with E-state index >= 15 is 0 Å². The van der Waals surface area contributed by atoms with Crippen LogP contribution in [0.3, 0.4) is 0 Å². The molecule has 0 spiro atoms. The molecule has 1 fully saturated rings. The Balaban J connectivity index is 0.000000289. The van der Waals surface area contributed by atoms with Crippen LogP contribution in [0.2, 0.25) is 0 Å². The average molecular weight is 600 g/mol. The van der Waals surface area contributed by atoms with E-state index in [9.17, 15) is 30.7 Å². The van der Waals surface area contributed by atoms with Gasteiger partial charge in [0.25, 0.3) is 0 Å². The number of hydrogen-bond acceptors (Lipinski definition) is 5. The topological polar surface area (TPSA) is 108 Å². The third-order valence-electron chi connectivity index (χ3n) is 6.02. The zero-order valence-corrected chi connectivity index (χ0v) is 21.5. The van der Waals surface area contributed by atoms with Crippen molar-refractivity contribution in [1.82, 2.24) is 19.3 Å². The number of benzene rings is 1. The molecule has 15 heteroatoms. The predicted molar refractivity (Wildman–Crippen MR) is 135 cm³/mol. The first-order valence-electron chi connectivity index (χ1n) is 12.1. The first-order valence-corrected chi connectivity index (χ1v) is 12.1. The number of nitrogens with zero attached hydrogens (tertiary/aromatic N) is 4. The van der Waals surface area contributed by atoms with Gasteiger partial charge < -0.3 is 14.6 Å². The number of carbonyl (C=O) groups is 2. The van der Waals surface area contributed by atoms with Gasteiger partial charge in [-0.25, -0.2) is 19.0 Å². The van der Waals surface area contributed by atoms with Crippen molar-refractivity contribution in [3.05, 3.63) is 90.5 Å². The standard InChI is InChI=1S/C23H21FN4.2C2HF3O2/c24-20-8-5-17(6-9-20)14-27-12-2-4-21(27)23-22-10-7-19(15-28(22)16-26-23)18-3-1-11-25-13-18;2*3-2(4,5)1(6)7/h1,3,5-11,13,15-16,21H,2,4,12,14H2;2*(H,6,7). The summed E-state index contributed by atoms with van der Waals surface area (Å²) in [5.74, 6) is -5.70. The highest BCUT2D eigenvalue weighted by Gasteiger charge is 2.39. The van der Waals surface area contributed by atoms with E-state index in [-0.39, 0.29) is 5.82 Å². The molecule has 2 N–H and O–H groups in total. The van der Waals surface area contributed by atoms with Gasteiger partial charge in [0.2, 0.25) is 0 Å². The Bertz CT molecular complexity index is 1470. The zero-order valence-electron chi connectivity index (χ0n) is 21.5. The van der Waals surface area contributed by atoms with Gasteiger partial charge in [-0.3, -0.25) is 9.88 Å². The summed E-state index contributed by atoms with van der Waals surface area (Å²) in [5, 5.41) is 14.2. The molecule has 224 valence electrons. The smallest absolute Gasteiger partial charge is 0.475 e. The van der Waals surface area contributed by atoms with Crippen LogP contribution >= 0.6 is 0 Å². The number of aromatic nitrogens is 3. The fraction of sp³-hybridized carbons (Fsp3) is 0.259. The normalized spacial score (nSPS) is 15.4. The van der Waals surface area contributed by atoms with E-state index in [2.05, 4.69) is 38.7 Å². The quantitative estimate of drug-likeness (QED) is 0.271. The van der Waals surface area contributed by atoms with Gasteiger partial charge in [0.15, 0.2) is 0 Å². The number of imidazole rings is 1. The summed E-state index contributed by atoms with van der Waals surface area (Å²) >= 11 is 0.